The first-order chi connectivity index (χ1) is 18.5. The third-order valence-corrected chi connectivity index (χ3v) is 6.77. The van der Waals surface area contributed by atoms with E-state index >= 15 is 0 Å². The summed E-state index contributed by atoms with van der Waals surface area (Å²) in [5.41, 5.74) is 2.42. The molecule has 1 aliphatic rings. The Balaban J connectivity index is 1.29. The van der Waals surface area contributed by atoms with Gasteiger partial charge in [-0.05, 0) is 69.7 Å². The van der Waals surface area contributed by atoms with Crippen LogP contribution in [0.15, 0.2) is 43.0 Å². The summed E-state index contributed by atoms with van der Waals surface area (Å²) in [5.74, 6) is 1.13. The molecule has 2 atom stereocenters. The van der Waals surface area contributed by atoms with Gasteiger partial charge in [-0.3, -0.25) is 0 Å². The molecule has 0 aliphatic carbocycles. The lowest BCUT2D eigenvalue weighted by Gasteiger charge is -2.26. The van der Waals surface area contributed by atoms with Gasteiger partial charge in [0.15, 0.2) is 5.82 Å². The summed E-state index contributed by atoms with van der Waals surface area (Å²) in [6, 6.07) is 7.04. The highest BCUT2D eigenvalue weighted by Gasteiger charge is 2.20. The Labute approximate surface area is 223 Å². The normalized spacial score (nSPS) is 14.5. The molecule has 11 heteroatoms. The number of hydrogen-bond acceptors (Lipinski definition) is 9. The Morgan fingerprint density at radius 3 is 2.97 bits per heavy atom. The zero-order chi connectivity index (χ0) is 26.7. The summed E-state index contributed by atoms with van der Waals surface area (Å²) in [7, 11) is 1.70. The predicted octanol–water partition coefficient (Wildman–Crippen LogP) is 3.03. The maximum absolute atomic E-state index is 12.0. The average molecular weight is 523 g/mol. The van der Waals surface area contributed by atoms with Gasteiger partial charge >= 0.3 is 5.97 Å². The van der Waals surface area contributed by atoms with E-state index in [1.54, 1.807) is 36.3 Å². The van der Waals surface area contributed by atoms with E-state index in [1.165, 1.54) is 11.9 Å². The maximum atomic E-state index is 12.0. The molecule has 38 heavy (non-hydrogen) atoms. The molecule has 0 saturated carbocycles. The number of aryl methyl sites for hydroxylation is 2. The molecule has 0 amide bonds. The molecule has 11 nitrogen and oxygen atoms in total. The zero-order valence-electron chi connectivity index (χ0n) is 22.2. The van der Waals surface area contributed by atoms with Crippen LogP contribution >= 0.6 is 0 Å². The minimum atomic E-state index is -0.920. The quantitative estimate of drug-likeness (QED) is 0.256. The number of hydrogen-bond donors (Lipinski definition) is 3. The van der Waals surface area contributed by atoms with E-state index in [-0.39, 0.29) is 6.10 Å². The third-order valence-electron chi connectivity index (χ3n) is 6.77. The standard InChI is InChI=1S/C27H38N8O3/c1-20(38-2)18-34(14-4-3-8-22-10-9-21-7-5-12-28-26(21)32-22)16-11-23(27(36)37)33-24-17-25(30-19-29-24)35-15-6-13-31-35/h6,9-10,13,15,17,19-20,23H,3-5,7-8,11-12,14,16,18H2,1-2H3,(H,28,32)(H,36,37)(H,29,30,33)/t20-,23+/m1/s1. The van der Waals surface area contributed by atoms with Gasteiger partial charge in [0.25, 0.3) is 0 Å². The summed E-state index contributed by atoms with van der Waals surface area (Å²) in [6.45, 7) is 5.24. The first-order valence-electron chi connectivity index (χ1n) is 13.3. The lowest BCUT2D eigenvalue weighted by atomic mass is 10.1. The van der Waals surface area contributed by atoms with Gasteiger partial charge in [0, 0.05) is 50.9 Å². The number of aromatic nitrogens is 5. The van der Waals surface area contributed by atoms with Crippen LogP contribution in [0.3, 0.4) is 0 Å². The predicted molar refractivity (Wildman–Crippen MR) is 146 cm³/mol. The van der Waals surface area contributed by atoms with E-state index in [4.69, 9.17) is 9.72 Å². The van der Waals surface area contributed by atoms with Gasteiger partial charge in [-0.1, -0.05) is 6.07 Å². The van der Waals surface area contributed by atoms with Crippen molar-refractivity contribution in [2.45, 2.75) is 57.6 Å². The van der Waals surface area contributed by atoms with Crippen LogP contribution in [0.1, 0.15) is 43.9 Å². The first kappa shape index (κ1) is 27.5. The van der Waals surface area contributed by atoms with Gasteiger partial charge in [-0.15, -0.1) is 0 Å². The van der Waals surface area contributed by atoms with Crippen molar-refractivity contribution < 1.29 is 14.6 Å². The highest BCUT2D eigenvalue weighted by molar-refractivity contribution is 5.76. The van der Waals surface area contributed by atoms with Crippen molar-refractivity contribution in [3.8, 4) is 5.82 Å². The summed E-state index contributed by atoms with van der Waals surface area (Å²) in [6.07, 6.45) is 10.5. The molecule has 0 aromatic carbocycles. The molecule has 3 aromatic heterocycles. The second-order valence-corrected chi connectivity index (χ2v) is 9.68. The van der Waals surface area contributed by atoms with Crippen LogP contribution in [0.2, 0.25) is 0 Å². The number of carboxylic acids is 1. The highest BCUT2D eigenvalue weighted by Crippen LogP contribution is 2.20. The molecule has 4 heterocycles. The van der Waals surface area contributed by atoms with E-state index in [1.807, 2.05) is 6.92 Å². The van der Waals surface area contributed by atoms with E-state index in [0.717, 1.165) is 63.3 Å². The number of carbonyl (C=O) groups is 1. The van der Waals surface area contributed by atoms with Crippen molar-refractivity contribution in [1.29, 1.82) is 0 Å². The molecule has 204 valence electrons. The van der Waals surface area contributed by atoms with Gasteiger partial charge in [0.2, 0.25) is 0 Å². The number of methoxy groups -OCH3 is 1. The van der Waals surface area contributed by atoms with Crippen molar-refractivity contribution in [1.82, 2.24) is 29.6 Å². The lowest BCUT2D eigenvalue weighted by molar-refractivity contribution is -0.138. The fraction of sp³-hybridized carbons (Fsp3) is 0.519. The molecule has 0 fully saturated rings. The van der Waals surface area contributed by atoms with E-state index in [0.29, 0.717) is 24.6 Å². The number of fused-ring (bicyclic) bond motifs is 1. The summed E-state index contributed by atoms with van der Waals surface area (Å²) in [4.78, 5) is 27.5. The Kier molecular flexibility index (Phi) is 9.99. The molecule has 3 N–H and O–H groups in total. The number of ether oxygens (including phenoxy) is 1. The molecule has 0 saturated heterocycles. The molecule has 0 spiro atoms. The van der Waals surface area contributed by atoms with Gasteiger partial charge in [-0.2, -0.15) is 5.10 Å². The van der Waals surface area contributed by atoms with Crippen molar-refractivity contribution in [3.05, 3.63) is 54.2 Å². The Hall–Kier alpha value is -3.57. The molecular weight excluding hydrogens is 484 g/mol. The summed E-state index contributed by atoms with van der Waals surface area (Å²) < 4.78 is 7.10. The van der Waals surface area contributed by atoms with Gasteiger partial charge in [0.1, 0.15) is 24.0 Å². The molecule has 0 bridgehead atoms. The minimum Gasteiger partial charge on any atom is -0.480 e. The number of carboxylic acid groups (broad SMARTS) is 1. The van der Waals surface area contributed by atoms with E-state index in [9.17, 15) is 9.90 Å². The monoisotopic (exact) mass is 522 g/mol. The smallest absolute Gasteiger partial charge is 0.326 e. The zero-order valence-corrected chi connectivity index (χ0v) is 22.2. The SMILES string of the molecule is CO[C@H](C)CN(CCCCc1ccc2c(n1)NCCC2)CC[C@H](Nc1cc(-n2cccn2)ncn1)C(=O)O. The van der Waals surface area contributed by atoms with Gasteiger partial charge < -0.3 is 25.4 Å². The molecule has 3 aromatic rings. The van der Waals surface area contributed by atoms with Crippen LogP contribution < -0.4 is 10.6 Å². The van der Waals surface area contributed by atoms with Gasteiger partial charge in [0.05, 0.1) is 6.10 Å². The highest BCUT2D eigenvalue weighted by atomic mass is 16.5. The summed E-state index contributed by atoms with van der Waals surface area (Å²) >= 11 is 0. The van der Waals surface area contributed by atoms with E-state index in [2.05, 4.69) is 42.7 Å². The third kappa shape index (κ3) is 7.96. The van der Waals surface area contributed by atoms with Crippen LogP contribution in [0.4, 0.5) is 11.6 Å². The number of pyridine rings is 1. The van der Waals surface area contributed by atoms with Crippen molar-refractivity contribution in [2.24, 2.45) is 0 Å². The molecule has 1 aliphatic heterocycles. The fourth-order valence-corrected chi connectivity index (χ4v) is 4.59. The minimum absolute atomic E-state index is 0.0538. The van der Waals surface area contributed by atoms with Crippen LogP contribution in [-0.4, -0.2) is 86.1 Å². The molecule has 0 unspecified atom stereocenters. The van der Waals surface area contributed by atoms with Gasteiger partial charge in [-0.25, -0.2) is 24.4 Å². The molecule has 4 rings (SSSR count). The number of nitrogens with one attached hydrogen (secondary N) is 2. The van der Waals surface area contributed by atoms with E-state index < -0.39 is 12.0 Å². The van der Waals surface area contributed by atoms with Crippen molar-refractivity contribution in [2.75, 3.05) is 43.9 Å². The number of anilines is 2. The van der Waals surface area contributed by atoms with Crippen molar-refractivity contribution >= 4 is 17.6 Å². The topological polar surface area (TPSA) is 130 Å². The maximum Gasteiger partial charge on any atom is 0.326 e. The second-order valence-electron chi connectivity index (χ2n) is 9.68. The number of aliphatic carboxylic acids is 1. The Morgan fingerprint density at radius 2 is 2.18 bits per heavy atom. The first-order valence-corrected chi connectivity index (χ1v) is 13.3. The second kappa shape index (κ2) is 13.8. The number of nitrogens with zero attached hydrogens (tertiary/aromatic N) is 6. The Bertz CT molecular complexity index is 1160. The largest absolute Gasteiger partial charge is 0.480 e. The average Bonchev–Trinajstić information content (AvgIpc) is 3.48. The van der Waals surface area contributed by atoms with Crippen LogP contribution in [0.5, 0.6) is 0 Å². The summed E-state index contributed by atoms with van der Waals surface area (Å²) in [5, 5.41) is 20.5. The molecule has 0 radical (unpaired) electrons. The number of unbranched alkanes of at least 4 members (excludes halogenated alkanes) is 1. The molecular formula is C27H38N8O3. The fourth-order valence-electron chi connectivity index (χ4n) is 4.59. The van der Waals surface area contributed by atoms with Crippen LogP contribution in [0.25, 0.3) is 5.82 Å². The lowest BCUT2D eigenvalue weighted by Crippen LogP contribution is -2.38. The van der Waals surface area contributed by atoms with Crippen LogP contribution in [0, 0.1) is 0 Å². The number of rotatable bonds is 15. The Morgan fingerprint density at radius 1 is 1.29 bits per heavy atom. The van der Waals surface area contributed by atoms with Crippen molar-refractivity contribution in [3.63, 3.8) is 0 Å². The van der Waals surface area contributed by atoms with Crippen LogP contribution in [-0.2, 0) is 22.4 Å².